The van der Waals surface area contributed by atoms with Crippen LogP contribution in [0, 0.1) is 5.82 Å². The number of ether oxygens (including phenoxy) is 2. The lowest BCUT2D eigenvalue weighted by atomic mass is 9.86. The zero-order valence-corrected chi connectivity index (χ0v) is 17.3. The van der Waals surface area contributed by atoms with E-state index in [-0.39, 0.29) is 23.4 Å². The van der Waals surface area contributed by atoms with Crippen LogP contribution in [-0.2, 0) is 20.7 Å². The van der Waals surface area contributed by atoms with E-state index in [0.29, 0.717) is 24.6 Å². The summed E-state index contributed by atoms with van der Waals surface area (Å²) in [5.41, 5.74) is 0.835. The monoisotopic (exact) mass is 419 g/mol. The van der Waals surface area contributed by atoms with Gasteiger partial charge in [-0.1, -0.05) is 12.1 Å². The van der Waals surface area contributed by atoms with E-state index < -0.39 is 0 Å². The summed E-state index contributed by atoms with van der Waals surface area (Å²) in [6.45, 7) is 2.62. The fraction of sp³-hybridized carbons (Fsp3) is 0.524. The van der Waals surface area contributed by atoms with Gasteiger partial charge in [0.15, 0.2) is 5.13 Å². The van der Waals surface area contributed by atoms with Gasteiger partial charge in [-0.25, -0.2) is 9.37 Å². The normalized spacial score (nSPS) is 24.8. The van der Waals surface area contributed by atoms with Gasteiger partial charge >= 0.3 is 0 Å². The molecule has 1 aromatic heterocycles. The Bertz CT molecular complexity index is 836. The van der Waals surface area contributed by atoms with Gasteiger partial charge < -0.3 is 14.8 Å². The SMILES string of the molecule is CO[C@@H]1CN(CC(=O)Nc2ncc(Cc3ccc(F)cc3)s2)CC[C@]12CCCO2. The van der Waals surface area contributed by atoms with Crippen LogP contribution < -0.4 is 5.32 Å². The average Bonchev–Trinajstić information content (AvgIpc) is 3.35. The van der Waals surface area contributed by atoms with E-state index in [2.05, 4.69) is 15.2 Å². The number of carbonyl (C=O) groups is 1. The van der Waals surface area contributed by atoms with Crippen LogP contribution in [0.5, 0.6) is 0 Å². The summed E-state index contributed by atoms with van der Waals surface area (Å²) in [5.74, 6) is -0.323. The van der Waals surface area contributed by atoms with Crippen molar-refractivity contribution in [3.05, 3.63) is 46.7 Å². The molecule has 1 aromatic carbocycles. The molecule has 2 fully saturated rings. The Balaban J connectivity index is 1.29. The molecule has 1 spiro atoms. The van der Waals surface area contributed by atoms with Crippen LogP contribution in [0.2, 0.25) is 0 Å². The fourth-order valence-corrected chi connectivity index (χ4v) is 5.08. The second-order valence-corrected chi connectivity index (χ2v) is 8.82. The highest BCUT2D eigenvalue weighted by Crippen LogP contribution is 2.37. The van der Waals surface area contributed by atoms with Crippen molar-refractivity contribution in [2.24, 2.45) is 0 Å². The maximum Gasteiger partial charge on any atom is 0.240 e. The number of likely N-dealkylation sites (tertiary alicyclic amines) is 1. The average molecular weight is 420 g/mol. The Labute approximate surface area is 174 Å². The number of thiazole rings is 1. The Morgan fingerprint density at radius 2 is 2.24 bits per heavy atom. The van der Waals surface area contributed by atoms with Crippen molar-refractivity contribution in [3.63, 3.8) is 0 Å². The van der Waals surface area contributed by atoms with Crippen molar-refractivity contribution >= 4 is 22.4 Å². The number of amides is 1. The highest BCUT2D eigenvalue weighted by molar-refractivity contribution is 7.15. The van der Waals surface area contributed by atoms with E-state index >= 15 is 0 Å². The molecule has 2 aromatic rings. The van der Waals surface area contributed by atoms with Gasteiger partial charge in [0.2, 0.25) is 5.91 Å². The number of hydrogen-bond acceptors (Lipinski definition) is 6. The van der Waals surface area contributed by atoms with Crippen molar-refractivity contribution in [3.8, 4) is 0 Å². The first-order valence-electron chi connectivity index (χ1n) is 9.94. The van der Waals surface area contributed by atoms with Crippen molar-refractivity contribution in [2.75, 3.05) is 38.7 Å². The number of piperidine rings is 1. The molecular formula is C21H26FN3O3S. The lowest BCUT2D eigenvalue weighted by Gasteiger charge is -2.44. The number of carbonyl (C=O) groups excluding carboxylic acids is 1. The first-order valence-corrected chi connectivity index (χ1v) is 10.8. The summed E-state index contributed by atoms with van der Waals surface area (Å²) in [4.78, 5) is 19.9. The molecule has 1 amide bonds. The molecule has 0 radical (unpaired) electrons. The van der Waals surface area contributed by atoms with E-state index in [1.807, 2.05) is 0 Å². The lowest BCUT2D eigenvalue weighted by molar-refractivity contribution is -0.145. The van der Waals surface area contributed by atoms with Gasteiger partial charge in [-0.05, 0) is 37.0 Å². The molecule has 1 N–H and O–H groups in total. The molecule has 4 rings (SSSR count). The first-order chi connectivity index (χ1) is 14.1. The zero-order chi connectivity index (χ0) is 20.3. The molecule has 2 atom stereocenters. The molecule has 29 heavy (non-hydrogen) atoms. The standard InChI is InChI=1S/C21H26FN3O3S/c1-27-18-13-25(9-8-21(18)7-2-10-28-21)14-19(26)24-20-23-12-17(29-20)11-15-3-5-16(22)6-4-15/h3-6,12,18H,2,7-11,13-14H2,1H3,(H,23,24,26)/t18-,21-/m1/s1. The second kappa shape index (κ2) is 8.87. The predicted molar refractivity (Wildman–Crippen MR) is 110 cm³/mol. The number of anilines is 1. The number of hydrogen-bond donors (Lipinski definition) is 1. The van der Waals surface area contributed by atoms with Crippen LogP contribution in [0.1, 0.15) is 29.7 Å². The summed E-state index contributed by atoms with van der Waals surface area (Å²) in [6, 6.07) is 6.42. The summed E-state index contributed by atoms with van der Waals surface area (Å²) < 4.78 is 24.7. The van der Waals surface area contributed by atoms with Gasteiger partial charge in [-0.3, -0.25) is 9.69 Å². The lowest BCUT2D eigenvalue weighted by Crippen LogP contribution is -2.57. The van der Waals surface area contributed by atoms with Crippen molar-refractivity contribution in [1.82, 2.24) is 9.88 Å². The zero-order valence-electron chi connectivity index (χ0n) is 16.5. The van der Waals surface area contributed by atoms with E-state index in [0.717, 1.165) is 42.9 Å². The Hall–Kier alpha value is -1.87. The Morgan fingerprint density at radius 1 is 1.41 bits per heavy atom. The summed E-state index contributed by atoms with van der Waals surface area (Å²) in [6.07, 6.45) is 5.41. The number of aromatic nitrogens is 1. The van der Waals surface area contributed by atoms with Gasteiger partial charge in [0.1, 0.15) is 5.82 Å². The number of benzene rings is 1. The highest BCUT2D eigenvalue weighted by Gasteiger charge is 2.46. The third kappa shape index (κ3) is 4.83. The Kier molecular flexibility index (Phi) is 6.24. The van der Waals surface area contributed by atoms with Gasteiger partial charge in [0, 0.05) is 44.3 Å². The molecule has 0 unspecified atom stereocenters. The molecule has 2 aliphatic rings. The summed E-state index contributed by atoms with van der Waals surface area (Å²) in [7, 11) is 1.72. The minimum atomic E-state index is -0.246. The van der Waals surface area contributed by atoms with Crippen LogP contribution in [-0.4, -0.2) is 60.8 Å². The van der Waals surface area contributed by atoms with E-state index in [1.165, 1.54) is 23.5 Å². The third-order valence-corrected chi connectivity index (χ3v) is 6.65. The molecule has 0 bridgehead atoms. The fourth-order valence-electron chi connectivity index (χ4n) is 4.22. The first kappa shape index (κ1) is 20.4. The molecule has 0 aliphatic carbocycles. The van der Waals surface area contributed by atoms with Gasteiger partial charge in [-0.15, -0.1) is 11.3 Å². The molecule has 2 aliphatic heterocycles. The minimum Gasteiger partial charge on any atom is -0.377 e. The van der Waals surface area contributed by atoms with Gasteiger partial charge in [0.05, 0.1) is 18.2 Å². The smallest absolute Gasteiger partial charge is 0.240 e. The number of nitrogens with zero attached hydrogens (tertiary/aromatic N) is 2. The maximum absolute atomic E-state index is 13.0. The maximum atomic E-state index is 13.0. The predicted octanol–water partition coefficient (Wildman–Crippen LogP) is 3.08. The van der Waals surface area contributed by atoms with Crippen LogP contribution >= 0.6 is 11.3 Å². The van der Waals surface area contributed by atoms with Gasteiger partial charge in [0.25, 0.3) is 0 Å². The number of methoxy groups -OCH3 is 1. The van der Waals surface area contributed by atoms with Crippen molar-refractivity contribution < 1.29 is 18.7 Å². The van der Waals surface area contributed by atoms with E-state index in [4.69, 9.17) is 9.47 Å². The molecular weight excluding hydrogens is 393 g/mol. The molecule has 3 heterocycles. The summed E-state index contributed by atoms with van der Waals surface area (Å²) >= 11 is 1.44. The van der Waals surface area contributed by atoms with Gasteiger partial charge in [-0.2, -0.15) is 0 Å². The number of halogens is 1. The van der Waals surface area contributed by atoms with Crippen molar-refractivity contribution in [1.29, 1.82) is 0 Å². The topological polar surface area (TPSA) is 63.7 Å². The number of nitrogens with one attached hydrogen (secondary N) is 1. The highest BCUT2D eigenvalue weighted by atomic mass is 32.1. The molecule has 0 saturated carbocycles. The van der Waals surface area contributed by atoms with E-state index in [1.54, 1.807) is 25.4 Å². The molecule has 8 heteroatoms. The largest absolute Gasteiger partial charge is 0.377 e. The number of rotatable bonds is 6. The molecule has 6 nitrogen and oxygen atoms in total. The minimum absolute atomic E-state index is 0.00581. The second-order valence-electron chi connectivity index (χ2n) is 7.71. The van der Waals surface area contributed by atoms with Crippen LogP contribution in [0.3, 0.4) is 0 Å². The summed E-state index contributed by atoms with van der Waals surface area (Å²) in [5, 5.41) is 3.48. The molecule has 2 saturated heterocycles. The van der Waals surface area contributed by atoms with E-state index in [9.17, 15) is 9.18 Å². The van der Waals surface area contributed by atoms with Crippen LogP contribution in [0.4, 0.5) is 9.52 Å². The quantitative estimate of drug-likeness (QED) is 0.780. The van der Waals surface area contributed by atoms with Crippen molar-refractivity contribution in [2.45, 2.75) is 37.4 Å². The van der Waals surface area contributed by atoms with Crippen LogP contribution in [0.15, 0.2) is 30.5 Å². The Morgan fingerprint density at radius 3 is 2.97 bits per heavy atom. The van der Waals surface area contributed by atoms with Crippen LogP contribution in [0.25, 0.3) is 0 Å². The third-order valence-electron chi connectivity index (χ3n) is 5.74. The molecule has 156 valence electrons.